The van der Waals surface area contributed by atoms with Gasteiger partial charge in [-0.3, -0.25) is 0 Å². The summed E-state index contributed by atoms with van der Waals surface area (Å²) in [5.41, 5.74) is 3.90. The predicted octanol–water partition coefficient (Wildman–Crippen LogP) is 10.4. The van der Waals surface area contributed by atoms with Gasteiger partial charge in [-0.15, -0.1) is 10.2 Å². The first kappa shape index (κ1) is 52.8. The molecule has 2 N–H and O–H groups in total. The average Bonchev–Trinajstić information content (AvgIpc) is 3.34. The highest BCUT2D eigenvalue weighted by atomic mass is 32.2. The summed E-state index contributed by atoms with van der Waals surface area (Å²) >= 11 is 2.20. The minimum absolute atomic E-state index is 0. The molecule has 0 radical (unpaired) electrons. The molecular formula is C46H52F6N10O3S2. The van der Waals surface area contributed by atoms with Crippen molar-refractivity contribution < 1.29 is 41.0 Å². The molecule has 13 nitrogen and oxygen atoms in total. The van der Waals surface area contributed by atoms with E-state index in [1.807, 2.05) is 32.2 Å². The van der Waals surface area contributed by atoms with Crippen LogP contribution in [0.3, 0.4) is 0 Å². The second-order valence-corrected chi connectivity index (χ2v) is 16.8. The minimum Gasteiger partial charge on any atom is -0.412 e. The first-order chi connectivity index (χ1) is 31.7. The van der Waals surface area contributed by atoms with Crippen LogP contribution in [0.15, 0.2) is 95.5 Å². The van der Waals surface area contributed by atoms with E-state index in [4.69, 9.17) is 4.33 Å². The van der Waals surface area contributed by atoms with E-state index < -0.39 is 23.5 Å². The van der Waals surface area contributed by atoms with E-state index in [1.54, 1.807) is 30.5 Å². The Labute approximate surface area is 394 Å². The Morgan fingerprint density at radius 2 is 1.01 bits per heavy atom. The standard InChI is InChI=1S/C22H22F3N5O2S.C22H22F3N5S.C2H6.H2O/c1-30-10-7-14(8-11-30)19-13-17(15-4-3-5-16(12-15)22(23,24)25)20(29-28-19)18-6-9-26-21(27-18)33-32-31-2;1-30-10-7-14(8-11-30)19-13-17(15-4-3-5-16(12-15)22(23,24)25)20(29-28-19)18-6-9-26-21(27-18)31-2;1-2;/h3-6,9,12-14H,7-8,10-11H2,1-2H3;3-6,9,12-14H,7-8,10-11H2,1-2H3;1-2H3;1H2. The molecule has 6 heterocycles. The number of nitrogens with zero attached hydrogens (tertiary/aromatic N) is 10. The average molecular weight is 971 g/mol. The number of rotatable bonds is 10. The van der Waals surface area contributed by atoms with Crippen molar-refractivity contribution in [3.63, 3.8) is 0 Å². The molecule has 2 saturated heterocycles. The van der Waals surface area contributed by atoms with Crippen LogP contribution in [0, 0.1) is 0 Å². The third-order valence-corrected chi connectivity index (χ3v) is 12.1. The first-order valence-electron chi connectivity index (χ1n) is 21.3. The third kappa shape index (κ3) is 14.0. The summed E-state index contributed by atoms with van der Waals surface area (Å²) in [6.45, 7) is 7.77. The van der Waals surface area contributed by atoms with Crippen LogP contribution in [0.1, 0.15) is 73.9 Å². The smallest absolute Gasteiger partial charge is 0.412 e. The van der Waals surface area contributed by atoms with Crippen LogP contribution in [-0.2, 0) is 21.6 Å². The van der Waals surface area contributed by atoms with Crippen LogP contribution in [0.2, 0.25) is 0 Å². The summed E-state index contributed by atoms with van der Waals surface area (Å²) in [5.74, 6) is 0.424. The molecule has 0 unspecified atom stereocenters. The van der Waals surface area contributed by atoms with Gasteiger partial charge in [-0.05, 0) is 132 Å². The predicted molar refractivity (Wildman–Crippen MR) is 247 cm³/mol. The second-order valence-electron chi connectivity index (χ2n) is 15.3. The van der Waals surface area contributed by atoms with Crippen LogP contribution in [0.25, 0.3) is 45.0 Å². The number of thioether (sulfide) groups is 1. The SMILES string of the molecule is CC.COOSc1nccc(-c2nnc(C3CCN(C)CC3)cc2-c2cccc(C(F)(F)F)c2)n1.CSc1nccc(-c2nnc(C3CCN(C)CC3)cc2-c2cccc(C(F)(F)F)c2)n1.O. The van der Waals surface area contributed by atoms with E-state index in [0.29, 0.717) is 50.2 Å². The van der Waals surface area contributed by atoms with Gasteiger partial charge in [0.2, 0.25) is 5.16 Å². The molecule has 2 aliphatic rings. The fourth-order valence-corrected chi connectivity index (χ4v) is 8.24. The zero-order valence-electron chi connectivity index (χ0n) is 37.8. The topological polar surface area (TPSA) is 160 Å². The van der Waals surface area contributed by atoms with Gasteiger partial charge in [-0.25, -0.2) is 24.8 Å². The van der Waals surface area contributed by atoms with E-state index >= 15 is 0 Å². The number of alkyl halides is 6. The molecule has 0 atom stereocenters. The van der Waals surface area contributed by atoms with Crippen molar-refractivity contribution in [2.75, 3.05) is 53.6 Å². The number of hydrogen-bond acceptors (Lipinski definition) is 14. The monoisotopic (exact) mass is 970 g/mol. The molecular weight excluding hydrogens is 919 g/mol. The van der Waals surface area contributed by atoms with Crippen LogP contribution in [-0.4, -0.2) is 109 Å². The van der Waals surface area contributed by atoms with Gasteiger partial charge in [0.25, 0.3) is 0 Å². The van der Waals surface area contributed by atoms with E-state index in [1.165, 1.54) is 37.2 Å². The maximum atomic E-state index is 13.4. The maximum Gasteiger partial charge on any atom is 0.416 e. The number of aromatic nitrogens is 8. The zero-order chi connectivity index (χ0) is 47.4. The van der Waals surface area contributed by atoms with Gasteiger partial charge in [0, 0.05) is 35.4 Å². The molecule has 2 aromatic carbocycles. The fraction of sp³-hybridized carbons (Fsp3) is 0.391. The van der Waals surface area contributed by atoms with Crippen LogP contribution in [0.4, 0.5) is 26.3 Å². The molecule has 21 heteroatoms. The Morgan fingerprint density at radius 3 is 1.42 bits per heavy atom. The summed E-state index contributed by atoms with van der Waals surface area (Å²) in [6, 6.07) is 17.6. The van der Waals surface area contributed by atoms with Crippen molar-refractivity contribution >= 4 is 23.8 Å². The summed E-state index contributed by atoms with van der Waals surface area (Å²) < 4.78 is 85.1. The number of piperidine rings is 2. The Hall–Kier alpha value is -5.16. The first-order valence-corrected chi connectivity index (χ1v) is 23.2. The van der Waals surface area contributed by atoms with Crippen molar-refractivity contribution in [3.8, 4) is 45.0 Å². The lowest BCUT2D eigenvalue weighted by atomic mass is 9.91. The molecule has 0 spiro atoms. The lowest BCUT2D eigenvalue weighted by Crippen LogP contribution is -2.29. The van der Waals surface area contributed by atoms with Crippen LogP contribution < -0.4 is 0 Å². The van der Waals surface area contributed by atoms with Gasteiger partial charge >= 0.3 is 12.4 Å². The van der Waals surface area contributed by atoms with Crippen molar-refractivity contribution in [3.05, 3.63) is 108 Å². The Balaban J connectivity index is 0.000000239. The van der Waals surface area contributed by atoms with Crippen LogP contribution in [0.5, 0.6) is 0 Å². The van der Waals surface area contributed by atoms with Crippen molar-refractivity contribution in [2.24, 2.45) is 0 Å². The number of benzene rings is 2. The van der Waals surface area contributed by atoms with Gasteiger partial charge in [0.05, 0.1) is 41.0 Å². The molecule has 67 heavy (non-hydrogen) atoms. The highest BCUT2D eigenvalue weighted by Gasteiger charge is 2.32. The summed E-state index contributed by atoms with van der Waals surface area (Å²) in [5, 5.41) is 18.6. The van der Waals surface area contributed by atoms with Crippen molar-refractivity contribution in [1.82, 2.24) is 50.1 Å². The molecule has 358 valence electrons. The van der Waals surface area contributed by atoms with Gasteiger partial charge in [-0.2, -0.15) is 40.9 Å². The summed E-state index contributed by atoms with van der Waals surface area (Å²) in [6.07, 6.45) is -0.166. The molecule has 0 bridgehead atoms. The van der Waals surface area contributed by atoms with E-state index in [-0.39, 0.29) is 22.5 Å². The highest BCUT2D eigenvalue weighted by molar-refractivity contribution is 7.98. The van der Waals surface area contributed by atoms with Gasteiger partial charge in [-0.1, -0.05) is 49.9 Å². The molecule has 0 aliphatic carbocycles. The largest absolute Gasteiger partial charge is 0.416 e. The van der Waals surface area contributed by atoms with Gasteiger partial charge < -0.3 is 15.3 Å². The Morgan fingerprint density at radius 1 is 0.597 bits per heavy atom. The summed E-state index contributed by atoms with van der Waals surface area (Å²) in [4.78, 5) is 26.2. The van der Waals surface area contributed by atoms with Crippen molar-refractivity contribution in [1.29, 1.82) is 0 Å². The van der Waals surface area contributed by atoms with E-state index in [2.05, 4.69) is 69.1 Å². The molecule has 6 aromatic rings. The quantitative estimate of drug-likeness (QED) is 0.0319. The Kier molecular flexibility index (Phi) is 19.1. The Bertz CT molecular complexity index is 2530. The number of likely N-dealkylation sites (tertiary alicyclic amines) is 2. The molecule has 2 aliphatic heterocycles. The van der Waals surface area contributed by atoms with E-state index in [0.717, 1.165) is 99.6 Å². The molecule has 2 fully saturated rings. The van der Waals surface area contributed by atoms with Gasteiger partial charge in [0.15, 0.2) is 5.16 Å². The number of hydrogen-bond donors (Lipinski definition) is 0. The maximum absolute atomic E-state index is 13.4. The third-order valence-electron chi connectivity index (χ3n) is 11.0. The minimum atomic E-state index is -4.45. The molecule has 0 saturated carbocycles. The van der Waals surface area contributed by atoms with Crippen LogP contribution >= 0.6 is 23.8 Å². The lowest BCUT2D eigenvalue weighted by Gasteiger charge is -2.28. The zero-order valence-corrected chi connectivity index (χ0v) is 39.4. The number of halogens is 6. The molecule has 0 amide bonds. The van der Waals surface area contributed by atoms with E-state index in [9.17, 15) is 26.3 Å². The van der Waals surface area contributed by atoms with Crippen molar-refractivity contribution in [2.45, 2.75) is 74.0 Å². The highest BCUT2D eigenvalue weighted by Crippen LogP contribution is 2.39. The fourth-order valence-electron chi connectivity index (χ4n) is 7.51. The normalized spacial score (nSPS) is 15.2. The second kappa shape index (κ2) is 24.2. The molecule has 4 aromatic heterocycles. The van der Waals surface area contributed by atoms with Gasteiger partial charge in [0.1, 0.15) is 23.4 Å². The molecule has 8 rings (SSSR count). The lowest BCUT2D eigenvalue weighted by molar-refractivity contribution is -0.160. The summed E-state index contributed by atoms with van der Waals surface area (Å²) in [7, 11) is 5.50.